The van der Waals surface area contributed by atoms with Crippen molar-refractivity contribution in [2.24, 2.45) is 33.3 Å². The highest BCUT2D eigenvalue weighted by Gasteiger charge is 2.58. The summed E-state index contributed by atoms with van der Waals surface area (Å²) in [6, 6.07) is 24.7. The number of para-hydroxylation sites is 1. The third kappa shape index (κ3) is 5.50. The summed E-state index contributed by atoms with van der Waals surface area (Å²) in [5, 5.41) is 11.8. The van der Waals surface area contributed by atoms with E-state index in [1.54, 1.807) is 37.1 Å². The van der Waals surface area contributed by atoms with Gasteiger partial charge in [-0.25, -0.2) is 9.97 Å². The Morgan fingerprint density at radius 3 is 1.61 bits per heavy atom. The first-order valence-electron chi connectivity index (χ1n) is 20.8. The van der Waals surface area contributed by atoms with Crippen molar-refractivity contribution >= 4 is 28.9 Å². The molecule has 14 nitrogen and oxygen atoms in total. The zero-order valence-corrected chi connectivity index (χ0v) is 33.7. The average Bonchev–Trinajstić information content (AvgIpc) is 3.79. The van der Waals surface area contributed by atoms with Crippen molar-refractivity contribution in [3.8, 4) is 11.4 Å². The number of nitrogens with two attached hydrogens (primary N) is 2. The fourth-order valence-electron chi connectivity index (χ4n) is 10.9. The van der Waals surface area contributed by atoms with Crippen LogP contribution < -0.4 is 11.5 Å². The number of nitrogens with zero attached hydrogens (tertiary/aromatic N) is 8. The summed E-state index contributed by atoms with van der Waals surface area (Å²) >= 11 is 0. The number of hydrogen-bond acceptors (Lipinski definition) is 9. The van der Waals surface area contributed by atoms with Gasteiger partial charge in [0.15, 0.2) is 11.4 Å². The largest absolute Gasteiger partial charge is 0.364 e. The molecule has 6 aliphatic carbocycles. The Morgan fingerprint density at radius 2 is 1.15 bits per heavy atom. The number of aliphatic imine (C=N–C) groups is 2. The lowest BCUT2D eigenvalue weighted by Gasteiger charge is -2.62. The zero-order valence-electron chi connectivity index (χ0n) is 33.7. The van der Waals surface area contributed by atoms with E-state index in [-0.39, 0.29) is 33.5 Å². The highest BCUT2D eigenvalue weighted by atomic mass is 16.6. The van der Waals surface area contributed by atoms with Crippen LogP contribution >= 0.6 is 0 Å². The molecule has 304 valence electrons. The molecule has 3 aromatic heterocycles. The molecule has 4 bridgehead atoms. The summed E-state index contributed by atoms with van der Waals surface area (Å²) in [6.07, 6.45) is 12.5. The molecule has 61 heavy (non-hydrogen) atoms. The maximum absolute atomic E-state index is 12.0. The molecule has 5 heterocycles. The normalized spacial score (nSPS) is 25.5. The van der Waals surface area contributed by atoms with E-state index in [9.17, 15) is 19.7 Å². The minimum absolute atomic E-state index is 0.000138. The number of aromatic nitrogens is 5. The molecule has 2 aliphatic heterocycles. The quantitative estimate of drug-likeness (QED) is 0.126. The Balaban J connectivity index is 0.000000138. The van der Waals surface area contributed by atoms with Crippen LogP contribution in [0.25, 0.3) is 11.4 Å². The number of amides is 2. The van der Waals surface area contributed by atoms with E-state index >= 15 is 0 Å². The van der Waals surface area contributed by atoms with Crippen LogP contribution in [0.15, 0.2) is 108 Å². The molecule has 0 unspecified atom stereocenters. The van der Waals surface area contributed by atoms with E-state index in [1.807, 2.05) is 47.2 Å². The lowest BCUT2D eigenvalue weighted by atomic mass is 9.42. The predicted octanol–water partition coefficient (Wildman–Crippen LogP) is 7.17. The number of carbonyl (C=O) groups is 2. The van der Waals surface area contributed by atoms with Gasteiger partial charge in [0.1, 0.15) is 12.7 Å². The topological polar surface area (TPSA) is 203 Å². The number of primary amides is 2. The van der Waals surface area contributed by atoms with E-state index in [0.717, 1.165) is 51.4 Å². The maximum Gasteiger partial charge on any atom is 0.278 e. The molecule has 2 atom stereocenters. The Kier molecular flexibility index (Phi) is 8.00. The molecule has 6 aromatic rings. The monoisotopic (exact) mass is 810 g/mol. The third-order valence-corrected chi connectivity index (χ3v) is 14.1. The maximum atomic E-state index is 12.0. The summed E-state index contributed by atoms with van der Waals surface area (Å²) in [5.74, 6) is 0.586. The van der Waals surface area contributed by atoms with Gasteiger partial charge in [0.05, 0.1) is 62.5 Å². The second-order valence-electron chi connectivity index (χ2n) is 17.7. The minimum atomic E-state index is -0.623. The predicted molar refractivity (Wildman–Crippen MR) is 228 cm³/mol. The van der Waals surface area contributed by atoms with Crippen LogP contribution in [-0.2, 0) is 10.8 Å². The van der Waals surface area contributed by atoms with E-state index in [4.69, 9.17) is 21.5 Å². The Hall–Kier alpha value is -7.09. The van der Waals surface area contributed by atoms with E-state index in [0.29, 0.717) is 22.4 Å². The van der Waals surface area contributed by atoms with Gasteiger partial charge in [0.2, 0.25) is 0 Å². The van der Waals surface area contributed by atoms with Gasteiger partial charge in [-0.3, -0.25) is 43.8 Å². The van der Waals surface area contributed by atoms with Gasteiger partial charge in [-0.15, -0.1) is 0 Å². The Bertz CT molecular complexity index is 2910. The van der Waals surface area contributed by atoms with Gasteiger partial charge in [0, 0.05) is 23.4 Å². The van der Waals surface area contributed by atoms with Crippen LogP contribution in [-0.4, -0.2) is 52.2 Å². The summed E-state index contributed by atoms with van der Waals surface area (Å²) in [4.78, 5) is 58.5. The number of pyridine rings is 1. The number of fused-ring (bicyclic) bond motifs is 6. The number of nitro groups is 1. The first kappa shape index (κ1) is 36.9. The minimum Gasteiger partial charge on any atom is -0.364 e. The van der Waals surface area contributed by atoms with Crippen molar-refractivity contribution in [1.82, 2.24) is 24.1 Å². The number of hydrogen-bond donors (Lipinski definition) is 2. The van der Waals surface area contributed by atoms with Crippen LogP contribution in [0, 0.1) is 22.0 Å². The fourth-order valence-corrected chi connectivity index (χ4v) is 10.9. The molecule has 4 N–H and O–H groups in total. The van der Waals surface area contributed by atoms with Crippen molar-refractivity contribution in [1.29, 1.82) is 0 Å². The molecule has 6 fully saturated rings. The van der Waals surface area contributed by atoms with Crippen molar-refractivity contribution in [2.75, 3.05) is 0 Å². The number of carbonyl (C=O) groups excluding carboxylic acids is 2. The SMILES string of the molecule is C[C@H]1N=C(c2ccccc2[N+](=O)[O-])c2cc(C34CC(C3)C4)ccc2-n2cnc(C(N)=O)c21.C[C@H]1N=C(c2ccccn2)c2cc(C34CC(C3)C4)ccc2-n2cnc(C(N)=O)c21. The van der Waals surface area contributed by atoms with Crippen molar-refractivity contribution in [3.05, 3.63) is 164 Å². The molecule has 8 aliphatic rings. The van der Waals surface area contributed by atoms with Crippen LogP contribution in [0.3, 0.4) is 0 Å². The fraction of sp³-hybridized carbons (Fsp3) is 0.298. The van der Waals surface area contributed by atoms with Gasteiger partial charge in [-0.05, 0) is 129 Å². The highest BCUT2D eigenvalue weighted by molar-refractivity contribution is 6.18. The standard InChI is InChI=1S/C24H21N5O3.C23H21N5O/c1-13-22-21(23(25)30)26-12-28(22)18-7-6-15(24-9-14(10-24)11-24)8-17(18)20(27-13)16-4-2-3-5-19(16)29(31)32;1-13-21-20(22(24)29)26-12-28(21)18-6-5-15(23-9-14(10-23)11-23)8-16(18)19(27-13)17-4-2-3-7-25-17/h2-8,12-14H,9-11H2,1H3,(H2,25,30);2-8,12-14H,9-11H2,1H3,(H2,24,29)/t13-,14?,24?;13-,14?,23?/m11/s1. The summed E-state index contributed by atoms with van der Waals surface area (Å²) in [7, 11) is 0. The molecule has 2 amide bonds. The zero-order chi connectivity index (χ0) is 41.9. The lowest BCUT2D eigenvalue weighted by Crippen LogP contribution is -2.55. The van der Waals surface area contributed by atoms with Gasteiger partial charge in [0.25, 0.3) is 17.5 Å². The van der Waals surface area contributed by atoms with Gasteiger partial charge >= 0.3 is 0 Å². The lowest BCUT2D eigenvalue weighted by molar-refractivity contribution is -0.385. The first-order valence-corrected chi connectivity index (χ1v) is 20.8. The van der Waals surface area contributed by atoms with E-state index in [2.05, 4.69) is 45.3 Å². The Morgan fingerprint density at radius 1 is 0.656 bits per heavy atom. The van der Waals surface area contributed by atoms with Crippen LogP contribution in [0.2, 0.25) is 0 Å². The number of rotatable bonds is 7. The molecular formula is C47H42N10O4. The molecular weight excluding hydrogens is 769 g/mol. The van der Waals surface area contributed by atoms with Gasteiger partial charge in [-0.1, -0.05) is 30.3 Å². The average molecular weight is 811 g/mol. The van der Waals surface area contributed by atoms with E-state index < -0.39 is 17.9 Å². The number of imidazole rings is 2. The molecule has 0 spiro atoms. The van der Waals surface area contributed by atoms with E-state index in [1.165, 1.54) is 55.7 Å². The molecule has 14 heteroatoms. The molecule has 3 aromatic carbocycles. The van der Waals surface area contributed by atoms with Crippen LogP contribution in [0.4, 0.5) is 5.69 Å². The summed E-state index contributed by atoms with van der Waals surface area (Å²) in [5.41, 5.74) is 22.4. The number of nitro benzene ring substituents is 1. The third-order valence-electron chi connectivity index (χ3n) is 14.1. The summed E-state index contributed by atoms with van der Waals surface area (Å²) < 4.78 is 3.81. The van der Waals surface area contributed by atoms with Crippen molar-refractivity contribution in [2.45, 2.75) is 75.3 Å². The van der Waals surface area contributed by atoms with Crippen molar-refractivity contribution in [3.63, 3.8) is 0 Å². The molecule has 0 radical (unpaired) electrons. The van der Waals surface area contributed by atoms with Crippen molar-refractivity contribution < 1.29 is 14.5 Å². The van der Waals surface area contributed by atoms with Crippen LogP contribution in [0.5, 0.6) is 0 Å². The molecule has 0 saturated heterocycles. The smallest absolute Gasteiger partial charge is 0.278 e. The summed E-state index contributed by atoms with van der Waals surface area (Å²) in [6.45, 7) is 3.82. The highest BCUT2D eigenvalue weighted by Crippen LogP contribution is 2.66. The molecule has 6 saturated carbocycles. The van der Waals surface area contributed by atoms with Gasteiger partial charge < -0.3 is 11.5 Å². The Labute approximate surface area is 350 Å². The number of benzene rings is 3. The second kappa shape index (κ2) is 13.2. The second-order valence-corrected chi connectivity index (χ2v) is 17.7. The first-order chi connectivity index (χ1) is 29.4. The van der Waals surface area contributed by atoms with Gasteiger partial charge in [-0.2, -0.15) is 0 Å². The van der Waals surface area contributed by atoms with Crippen LogP contribution in [0.1, 0.15) is 130 Å². The molecule has 14 rings (SSSR count).